The van der Waals surface area contributed by atoms with E-state index in [1.807, 2.05) is 4.90 Å². The zero-order valence-electron chi connectivity index (χ0n) is 16.6. The van der Waals surface area contributed by atoms with Gasteiger partial charge in [-0.15, -0.1) is 0 Å². The van der Waals surface area contributed by atoms with E-state index >= 15 is 0 Å². The Hall–Kier alpha value is -1.84. The zero-order valence-corrected chi connectivity index (χ0v) is 16.6. The van der Waals surface area contributed by atoms with E-state index in [0.29, 0.717) is 24.7 Å². The van der Waals surface area contributed by atoms with Gasteiger partial charge in [-0.3, -0.25) is 9.59 Å². The van der Waals surface area contributed by atoms with Crippen molar-refractivity contribution in [2.45, 2.75) is 71.6 Å². The zero-order chi connectivity index (χ0) is 18.9. The second-order valence-electron chi connectivity index (χ2n) is 8.51. The summed E-state index contributed by atoms with van der Waals surface area (Å²) in [5, 5.41) is 3.18. The van der Waals surface area contributed by atoms with Crippen LogP contribution in [0.4, 0.5) is 5.69 Å². The van der Waals surface area contributed by atoms with Crippen molar-refractivity contribution >= 4 is 17.5 Å². The third-order valence-electron chi connectivity index (χ3n) is 5.85. The molecule has 3 rings (SSSR count). The second kappa shape index (κ2) is 7.42. The molecule has 2 aliphatic rings. The van der Waals surface area contributed by atoms with Crippen molar-refractivity contribution in [2.24, 2.45) is 5.41 Å². The van der Waals surface area contributed by atoms with Gasteiger partial charge in [0.15, 0.2) is 0 Å². The van der Waals surface area contributed by atoms with Gasteiger partial charge in [0, 0.05) is 18.8 Å². The Bertz CT molecular complexity index is 657. The Morgan fingerprint density at radius 1 is 0.962 bits per heavy atom. The number of piperidine rings is 1. The lowest BCUT2D eigenvalue weighted by molar-refractivity contribution is -0.143. The number of nitrogens with zero attached hydrogens (tertiary/aromatic N) is 1. The van der Waals surface area contributed by atoms with E-state index in [9.17, 15) is 9.59 Å². The molecule has 1 N–H and O–H groups in total. The first-order valence-electron chi connectivity index (χ1n) is 10.1. The lowest BCUT2D eigenvalue weighted by Gasteiger charge is -2.30. The van der Waals surface area contributed by atoms with Gasteiger partial charge < -0.3 is 10.2 Å². The Morgan fingerprint density at radius 2 is 1.50 bits per heavy atom. The molecule has 0 spiro atoms. The van der Waals surface area contributed by atoms with Crippen LogP contribution in [-0.4, -0.2) is 29.8 Å². The molecule has 1 saturated carbocycles. The molecule has 1 aromatic rings. The molecule has 2 amide bonds. The van der Waals surface area contributed by atoms with Crippen molar-refractivity contribution in [3.63, 3.8) is 0 Å². The lowest BCUT2D eigenvalue weighted by atomic mass is 9.92. The standard InChI is InChI=1S/C22H32N2O2/c1-15(2)17-9-8-10-18(16(3)4)19(17)23-20(25)22(11-12-22)21(26)24-13-6-5-7-14-24/h8-10,15-16H,5-7,11-14H2,1-4H3,(H,23,25). The highest BCUT2D eigenvalue weighted by Gasteiger charge is 2.58. The topological polar surface area (TPSA) is 49.4 Å². The molecule has 0 aromatic heterocycles. The number of carbonyl (C=O) groups excluding carboxylic acids is 2. The minimum absolute atomic E-state index is 0.0443. The number of likely N-dealkylation sites (tertiary alicyclic amines) is 1. The molecule has 1 saturated heterocycles. The van der Waals surface area contributed by atoms with Gasteiger partial charge in [-0.2, -0.15) is 0 Å². The number of nitrogens with one attached hydrogen (secondary N) is 1. The highest BCUT2D eigenvalue weighted by molar-refractivity contribution is 6.13. The molecule has 142 valence electrons. The largest absolute Gasteiger partial charge is 0.342 e. The number of amides is 2. The Balaban J connectivity index is 1.85. The van der Waals surface area contributed by atoms with Gasteiger partial charge in [-0.25, -0.2) is 0 Å². The summed E-state index contributed by atoms with van der Waals surface area (Å²) < 4.78 is 0. The number of benzene rings is 1. The fourth-order valence-electron chi connectivity index (χ4n) is 3.99. The molecular weight excluding hydrogens is 324 g/mol. The Morgan fingerprint density at radius 3 is 1.96 bits per heavy atom. The van der Waals surface area contributed by atoms with Crippen molar-refractivity contribution in [3.05, 3.63) is 29.3 Å². The number of para-hydroxylation sites is 1. The molecule has 0 radical (unpaired) electrons. The van der Waals surface area contributed by atoms with Crippen LogP contribution >= 0.6 is 0 Å². The molecule has 1 heterocycles. The maximum absolute atomic E-state index is 13.2. The molecule has 2 fully saturated rings. The molecule has 1 aliphatic carbocycles. The third-order valence-corrected chi connectivity index (χ3v) is 5.85. The van der Waals surface area contributed by atoms with E-state index in [1.54, 1.807) is 0 Å². The van der Waals surface area contributed by atoms with Gasteiger partial charge in [-0.1, -0.05) is 45.9 Å². The number of hydrogen-bond donors (Lipinski definition) is 1. The average molecular weight is 357 g/mol. The normalized spacial score (nSPS) is 18.9. The minimum Gasteiger partial charge on any atom is -0.342 e. The number of carbonyl (C=O) groups is 2. The maximum atomic E-state index is 13.2. The molecule has 0 atom stereocenters. The average Bonchev–Trinajstić information content (AvgIpc) is 3.43. The molecule has 4 heteroatoms. The van der Waals surface area contributed by atoms with Crippen molar-refractivity contribution in [2.75, 3.05) is 18.4 Å². The highest BCUT2D eigenvalue weighted by atomic mass is 16.2. The van der Waals surface area contributed by atoms with Crippen molar-refractivity contribution in [3.8, 4) is 0 Å². The summed E-state index contributed by atoms with van der Waals surface area (Å²) >= 11 is 0. The van der Waals surface area contributed by atoms with Crippen molar-refractivity contribution in [1.29, 1.82) is 0 Å². The molecule has 4 nitrogen and oxygen atoms in total. The van der Waals surface area contributed by atoms with Crippen molar-refractivity contribution in [1.82, 2.24) is 4.90 Å². The molecule has 1 aliphatic heterocycles. The van der Waals surface area contributed by atoms with Gasteiger partial charge in [-0.05, 0) is 55.1 Å². The van der Waals surface area contributed by atoms with Gasteiger partial charge in [0.25, 0.3) is 0 Å². The summed E-state index contributed by atoms with van der Waals surface area (Å²) in [5.41, 5.74) is 2.38. The molecular formula is C22H32N2O2. The third kappa shape index (κ3) is 3.51. The lowest BCUT2D eigenvalue weighted by Crippen LogP contribution is -2.45. The predicted octanol–water partition coefficient (Wildman–Crippen LogP) is 4.66. The molecule has 0 unspecified atom stereocenters. The van der Waals surface area contributed by atoms with E-state index < -0.39 is 5.41 Å². The number of anilines is 1. The highest BCUT2D eigenvalue weighted by Crippen LogP contribution is 2.49. The molecule has 0 bridgehead atoms. The Kier molecular flexibility index (Phi) is 5.40. The van der Waals surface area contributed by atoms with Crippen LogP contribution in [0.3, 0.4) is 0 Å². The summed E-state index contributed by atoms with van der Waals surface area (Å²) in [5.74, 6) is 0.569. The SMILES string of the molecule is CC(C)c1cccc(C(C)C)c1NC(=O)C1(C(=O)N2CCCCC2)CC1. The van der Waals surface area contributed by atoms with E-state index in [1.165, 1.54) is 6.42 Å². The number of hydrogen-bond acceptors (Lipinski definition) is 2. The van der Waals surface area contributed by atoms with Crippen LogP contribution in [0.2, 0.25) is 0 Å². The Labute approximate surface area is 157 Å². The maximum Gasteiger partial charge on any atom is 0.240 e. The quantitative estimate of drug-likeness (QED) is 0.780. The smallest absolute Gasteiger partial charge is 0.240 e. The summed E-state index contributed by atoms with van der Waals surface area (Å²) in [6.45, 7) is 10.2. The van der Waals surface area contributed by atoms with Gasteiger partial charge in [0.1, 0.15) is 5.41 Å². The van der Waals surface area contributed by atoms with Crippen LogP contribution in [-0.2, 0) is 9.59 Å². The monoisotopic (exact) mass is 356 g/mol. The van der Waals surface area contributed by atoms with Crippen molar-refractivity contribution < 1.29 is 9.59 Å². The van der Waals surface area contributed by atoms with E-state index in [4.69, 9.17) is 0 Å². The number of rotatable bonds is 5. The first-order valence-corrected chi connectivity index (χ1v) is 10.1. The first kappa shape index (κ1) is 18.9. The van der Waals surface area contributed by atoms with Crippen LogP contribution in [0.1, 0.15) is 82.8 Å². The van der Waals surface area contributed by atoms with Crippen LogP contribution in [0.25, 0.3) is 0 Å². The van der Waals surface area contributed by atoms with Crippen LogP contribution in [0.15, 0.2) is 18.2 Å². The summed E-state index contributed by atoms with van der Waals surface area (Å²) in [7, 11) is 0. The minimum atomic E-state index is -0.824. The van der Waals surface area contributed by atoms with Crippen LogP contribution in [0, 0.1) is 5.41 Å². The van der Waals surface area contributed by atoms with Gasteiger partial charge >= 0.3 is 0 Å². The van der Waals surface area contributed by atoms with Gasteiger partial charge in [0.05, 0.1) is 0 Å². The summed E-state index contributed by atoms with van der Waals surface area (Å²) in [4.78, 5) is 28.1. The van der Waals surface area contributed by atoms with Gasteiger partial charge in [0.2, 0.25) is 11.8 Å². The molecule has 1 aromatic carbocycles. The van der Waals surface area contributed by atoms with Crippen LogP contribution < -0.4 is 5.32 Å². The summed E-state index contributed by atoms with van der Waals surface area (Å²) in [6, 6.07) is 6.22. The second-order valence-corrected chi connectivity index (χ2v) is 8.51. The fourth-order valence-corrected chi connectivity index (χ4v) is 3.99. The molecule has 26 heavy (non-hydrogen) atoms. The fraction of sp³-hybridized carbons (Fsp3) is 0.636. The van der Waals surface area contributed by atoms with Crippen LogP contribution in [0.5, 0.6) is 0 Å². The first-order chi connectivity index (χ1) is 12.4. The predicted molar refractivity (Wildman–Crippen MR) is 105 cm³/mol. The summed E-state index contributed by atoms with van der Waals surface area (Å²) in [6.07, 6.45) is 4.64. The van der Waals surface area contributed by atoms with E-state index in [2.05, 4.69) is 51.2 Å². The van der Waals surface area contributed by atoms with E-state index in [0.717, 1.165) is 42.7 Å². The van der Waals surface area contributed by atoms with E-state index in [-0.39, 0.29) is 11.8 Å².